The van der Waals surface area contributed by atoms with Crippen molar-refractivity contribution in [1.82, 2.24) is 5.32 Å². The zero-order chi connectivity index (χ0) is 12.8. The summed E-state index contributed by atoms with van der Waals surface area (Å²) in [7, 11) is 0. The van der Waals surface area contributed by atoms with Crippen molar-refractivity contribution in [3.8, 4) is 0 Å². The third-order valence-corrected chi connectivity index (χ3v) is 2.78. The number of ether oxygens (including phenoxy) is 1. The second-order valence-electron chi connectivity index (χ2n) is 4.82. The van der Waals surface area contributed by atoms with Crippen LogP contribution in [0.5, 0.6) is 0 Å². The Morgan fingerprint density at radius 1 is 1.44 bits per heavy atom. The molecule has 0 aromatic carbocycles. The maximum Gasteiger partial charge on any atom is 0.237 e. The molecule has 0 saturated heterocycles. The zero-order valence-corrected chi connectivity index (χ0v) is 11.2. The van der Waals surface area contributed by atoms with E-state index in [1.807, 2.05) is 34.6 Å². The maximum absolute atomic E-state index is 11.7. The molecule has 1 amide bonds. The van der Waals surface area contributed by atoms with Crippen LogP contribution in [-0.2, 0) is 9.53 Å². The van der Waals surface area contributed by atoms with Crippen LogP contribution < -0.4 is 11.1 Å². The Morgan fingerprint density at radius 3 is 2.44 bits per heavy atom. The Morgan fingerprint density at radius 2 is 2.00 bits per heavy atom. The standard InChI is InChI=1S/C12H26N2O2/c1-6-9(3)10(13)11(15)14-8-12(4,5)16-7-2/h9-10H,6-8,13H2,1-5H3,(H,14,15)/t9?,10-/m0/s1. The number of carbonyl (C=O) groups excluding carboxylic acids is 1. The summed E-state index contributed by atoms with van der Waals surface area (Å²) in [6.07, 6.45) is 0.906. The molecule has 96 valence electrons. The van der Waals surface area contributed by atoms with E-state index in [1.165, 1.54) is 0 Å². The van der Waals surface area contributed by atoms with Gasteiger partial charge in [-0.25, -0.2) is 0 Å². The highest BCUT2D eigenvalue weighted by atomic mass is 16.5. The van der Waals surface area contributed by atoms with E-state index in [9.17, 15) is 4.79 Å². The fourth-order valence-electron chi connectivity index (χ4n) is 1.37. The van der Waals surface area contributed by atoms with Crippen LogP contribution in [0.2, 0.25) is 0 Å². The number of nitrogens with one attached hydrogen (secondary N) is 1. The first kappa shape index (κ1) is 15.4. The molecule has 0 radical (unpaired) electrons. The Balaban J connectivity index is 4.06. The van der Waals surface area contributed by atoms with Gasteiger partial charge in [0.15, 0.2) is 0 Å². The van der Waals surface area contributed by atoms with Crippen molar-refractivity contribution in [3.05, 3.63) is 0 Å². The van der Waals surface area contributed by atoms with Crippen LogP contribution in [-0.4, -0.2) is 30.7 Å². The van der Waals surface area contributed by atoms with Crippen molar-refractivity contribution < 1.29 is 9.53 Å². The minimum absolute atomic E-state index is 0.0953. The van der Waals surface area contributed by atoms with Crippen LogP contribution in [0.3, 0.4) is 0 Å². The minimum atomic E-state index is -0.428. The lowest BCUT2D eigenvalue weighted by Crippen LogP contribution is -2.49. The van der Waals surface area contributed by atoms with Gasteiger partial charge in [-0.2, -0.15) is 0 Å². The number of hydrogen-bond acceptors (Lipinski definition) is 3. The molecule has 0 aliphatic heterocycles. The largest absolute Gasteiger partial charge is 0.374 e. The Bertz CT molecular complexity index is 217. The van der Waals surface area contributed by atoms with Gasteiger partial charge in [0.2, 0.25) is 5.91 Å². The summed E-state index contributed by atoms with van der Waals surface area (Å²) in [5.41, 5.74) is 5.49. The highest BCUT2D eigenvalue weighted by molar-refractivity contribution is 5.81. The van der Waals surface area contributed by atoms with Gasteiger partial charge in [0, 0.05) is 13.2 Å². The van der Waals surface area contributed by atoms with Crippen molar-refractivity contribution in [1.29, 1.82) is 0 Å². The van der Waals surface area contributed by atoms with Crippen molar-refractivity contribution in [3.63, 3.8) is 0 Å². The third kappa shape index (κ3) is 5.47. The van der Waals surface area contributed by atoms with E-state index in [0.717, 1.165) is 6.42 Å². The predicted molar refractivity (Wildman–Crippen MR) is 66.1 cm³/mol. The summed E-state index contributed by atoms with van der Waals surface area (Å²) in [4.78, 5) is 11.7. The quantitative estimate of drug-likeness (QED) is 0.692. The molecule has 0 aliphatic rings. The average molecular weight is 230 g/mol. The molecule has 1 unspecified atom stereocenters. The monoisotopic (exact) mass is 230 g/mol. The summed E-state index contributed by atoms with van der Waals surface area (Å²) < 4.78 is 5.49. The molecule has 4 nitrogen and oxygen atoms in total. The van der Waals surface area contributed by atoms with Gasteiger partial charge in [-0.05, 0) is 26.7 Å². The van der Waals surface area contributed by atoms with Gasteiger partial charge in [0.1, 0.15) is 0 Å². The topological polar surface area (TPSA) is 64.3 Å². The highest BCUT2D eigenvalue weighted by Gasteiger charge is 2.23. The van der Waals surface area contributed by atoms with Crippen LogP contribution in [0.25, 0.3) is 0 Å². The van der Waals surface area contributed by atoms with Gasteiger partial charge in [0.25, 0.3) is 0 Å². The SMILES string of the molecule is CCOC(C)(C)CNC(=O)[C@@H](N)C(C)CC. The summed E-state index contributed by atoms with van der Waals surface area (Å²) in [6, 6.07) is -0.428. The van der Waals surface area contributed by atoms with Crippen molar-refractivity contribution in [2.45, 2.75) is 52.7 Å². The molecule has 2 atom stereocenters. The number of amides is 1. The summed E-state index contributed by atoms with van der Waals surface area (Å²) in [6.45, 7) is 11.0. The van der Waals surface area contributed by atoms with Gasteiger partial charge in [-0.15, -0.1) is 0 Å². The second kappa shape index (κ2) is 6.86. The van der Waals surface area contributed by atoms with Crippen molar-refractivity contribution in [2.75, 3.05) is 13.2 Å². The van der Waals surface area contributed by atoms with Crippen LogP contribution in [0, 0.1) is 5.92 Å². The van der Waals surface area contributed by atoms with E-state index in [4.69, 9.17) is 10.5 Å². The summed E-state index contributed by atoms with van der Waals surface area (Å²) >= 11 is 0. The lowest BCUT2D eigenvalue weighted by atomic mass is 9.99. The smallest absolute Gasteiger partial charge is 0.237 e. The molecular formula is C12H26N2O2. The second-order valence-corrected chi connectivity index (χ2v) is 4.82. The van der Waals surface area contributed by atoms with Crippen molar-refractivity contribution >= 4 is 5.91 Å². The van der Waals surface area contributed by atoms with E-state index in [-0.39, 0.29) is 17.4 Å². The molecule has 0 aliphatic carbocycles. The predicted octanol–water partition coefficient (Wildman–Crippen LogP) is 1.29. The Hall–Kier alpha value is -0.610. The molecule has 0 fully saturated rings. The maximum atomic E-state index is 11.7. The average Bonchev–Trinajstić information content (AvgIpc) is 2.23. The van der Waals surface area contributed by atoms with Crippen LogP contribution in [0.1, 0.15) is 41.0 Å². The lowest BCUT2D eigenvalue weighted by molar-refractivity contribution is -0.125. The fourth-order valence-corrected chi connectivity index (χ4v) is 1.37. The molecular weight excluding hydrogens is 204 g/mol. The molecule has 0 heterocycles. The number of rotatable bonds is 7. The highest BCUT2D eigenvalue weighted by Crippen LogP contribution is 2.08. The molecule has 0 aromatic rings. The molecule has 16 heavy (non-hydrogen) atoms. The molecule has 0 bridgehead atoms. The fraction of sp³-hybridized carbons (Fsp3) is 0.917. The number of carbonyl (C=O) groups is 1. The van der Waals surface area contributed by atoms with Gasteiger partial charge < -0.3 is 15.8 Å². The molecule has 0 rings (SSSR count). The van der Waals surface area contributed by atoms with E-state index in [2.05, 4.69) is 5.32 Å². The summed E-state index contributed by atoms with van der Waals surface area (Å²) in [5.74, 6) is 0.109. The third-order valence-electron chi connectivity index (χ3n) is 2.78. The van der Waals surface area contributed by atoms with E-state index >= 15 is 0 Å². The molecule has 3 N–H and O–H groups in total. The van der Waals surface area contributed by atoms with Crippen LogP contribution in [0.15, 0.2) is 0 Å². The van der Waals surface area contributed by atoms with Gasteiger partial charge in [0.05, 0.1) is 11.6 Å². The van der Waals surface area contributed by atoms with Crippen molar-refractivity contribution in [2.24, 2.45) is 11.7 Å². The van der Waals surface area contributed by atoms with Gasteiger partial charge in [-0.1, -0.05) is 20.3 Å². The molecule has 0 aromatic heterocycles. The number of hydrogen-bond donors (Lipinski definition) is 2. The van der Waals surface area contributed by atoms with Gasteiger partial charge >= 0.3 is 0 Å². The molecule has 4 heteroatoms. The lowest BCUT2D eigenvalue weighted by Gasteiger charge is -2.26. The first-order valence-corrected chi connectivity index (χ1v) is 6.01. The van der Waals surface area contributed by atoms with E-state index < -0.39 is 6.04 Å². The van der Waals surface area contributed by atoms with Crippen LogP contribution >= 0.6 is 0 Å². The van der Waals surface area contributed by atoms with E-state index in [0.29, 0.717) is 13.2 Å². The van der Waals surface area contributed by atoms with Gasteiger partial charge in [-0.3, -0.25) is 4.79 Å². The first-order valence-electron chi connectivity index (χ1n) is 6.01. The van der Waals surface area contributed by atoms with Crippen LogP contribution in [0.4, 0.5) is 0 Å². The molecule has 0 saturated carbocycles. The summed E-state index contributed by atoms with van der Waals surface area (Å²) in [5, 5.41) is 2.83. The normalized spacial score (nSPS) is 15.6. The Labute approximate surface area is 98.9 Å². The minimum Gasteiger partial charge on any atom is -0.374 e. The zero-order valence-electron chi connectivity index (χ0n) is 11.2. The molecule has 0 spiro atoms. The number of nitrogens with two attached hydrogens (primary N) is 1. The van der Waals surface area contributed by atoms with E-state index in [1.54, 1.807) is 0 Å². The Kier molecular flexibility index (Phi) is 6.60. The first-order chi connectivity index (χ1) is 7.34.